The molecule has 1 atom stereocenters. The van der Waals surface area contributed by atoms with Crippen LogP contribution >= 0.6 is 11.8 Å². The fraction of sp³-hybridized carbons (Fsp3) is 0.316. The van der Waals surface area contributed by atoms with Crippen molar-refractivity contribution < 1.29 is 9.90 Å². The minimum atomic E-state index is -0.711. The molecule has 0 saturated carbocycles. The number of benzene rings is 2. The van der Waals surface area contributed by atoms with Crippen molar-refractivity contribution in [2.45, 2.75) is 42.2 Å². The number of unbranched alkanes of at least 4 members (excludes halogenated alkanes) is 2. The molecule has 2 aromatic carbocycles. The quantitative estimate of drug-likeness (QED) is 0.521. The summed E-state index contributed by atoms with van der Waals surface area (Å²) in [5.74, 6) is -0.711. The Morgan fingerprint density at radius 1 is 0.909 bits per heavy atom. The summed E-state index contributed by atoms with van der Waals surface area (Å²) < 4.78 is 0. The number of carbonyl (C=O) groups is 1. The van der Waals surface area contributed by atoms with Crippen LogP contribution in [0.5, 0.6) is 0 Å². The first-order valence-corrected chi connectivity index (χ1v) is 8.62. The first-order chi connectivity index (χ1) is 10.8. The largest absolute Gasteiger partial charge is 0.480 e. The summed E-state index contributed by atoms with van der Waals surface area (Å²) in [6.45, 7) is 0. The van der Waals surface area contributed by atoms with Gasteiger partial charge in [-0.3, -0.25) is 4.79 Å². The van der Waals surface area contributed by atoms with E-state index in [4.69, 9.17) is 0 Å². The summed E-state index contributed by atoms with van der Waals surface area (Å²) in [5.41, 5.74) is 1.36. The maximum absolute atomic E-state index is 11.4. The summed E-state index contributed by atoms with van der Waals surface area (Å²) in [6, 6.07) is 20.2. The lowest BCUT2D eigenvalue weighted by Crippen LogP contribution is -2.16. The molecule has 0 bridgehead atoms. The molecule has 0 aliphatic rings. The molecule has 0 radical (unpaired) electrons. The van der Waals surface area contributed by atoms with E-state index >= 15 is 0 Å². The summed E-state index contributed by atoms with van der Waals surface area (Å²) in [4.78, 5) is 12.4. The number of aryl methyl sites for hydroxylation is 1. The second kappa shape index (κ2) is 9.31. The fourth-order valence-electron chi connectivity index (χ4n) is 2.38. The Morgan fingerprint density at radius 2 is 1.55 bits per heavy atom. The van der Waals surface area contributed by atoms with Gasteiger partial charge in [0.05, 0.1) is 0 Å². The Labute approximate surface area is 136 Å². The first-order valence-electron chi connectivity index (χ1n) is 7.74. The number of hydrogen-bond acceptors (Lipinski definition) is 2. The minimum Gasteiger partial charge on any atom is -0.480 e. The topological polar surface area (TPSA) is 37.3 Å². The molecule has 0 fully saturated rings. The molecule has 0 spiro atoms. The number of aliphatic carboxylic acids is 1. The van der Waals surface area contributed by atoms with E-state index in [1.807, 2.05) is 36.4 Å². The van der Waals surface area contributed by atoms with Gasteiger partial charge in [0.2, 0.25) is 0 Å². The summed E-state index contributed by atoms with van der Waals surface area (Å²) in [7, 11) is 0. The zero-order valence-corrected chi connectivity index (χ0v) is 13.5. The van der Waals surface area contributed by atoms with Crippen molar-refractivity contribution >= 4 is 17.7 Å². The van der Waals surface area contributed by atoms with Crippen LogP contribution in [0.1, 0.15) is 31.2 Å². The molecule has 2 aromatic rings. The lowest BCUT2D eigenvalue weighted by Gasteiger charge is -2.11. The summed E-state index contributed by atoms with van der Waals surface area (Å²) >= 11 is 1.45. The van der Waals surface area contributed by atoms with Crippen molar-refractivity contribution in [2.24, 2.45) is 0 Å². The average Bonchev–Trinajstić information content (AvgIpc) is 2.55. The van der Waals surface area contributed by atoms with Crippen LogP contribution in [0.4, 0.5) is 0 Å². The highest BCUT2D eigenvalue weighted by molar-refractivity contribution is 8.00. The van der Waals surface area contributed by atoms with E-state index in [0.717, 1.165) is 37.0 Å². The fourth-order valence-corrected chi connectivity index (χ4v) is 3.40. The maximum atomic E-state index is 11.4. The Morgan fingerprint density at radius 3 is 2.18 bits per heavy atom. The standard InChI is InChI=1S/C19H22O2S/c20-19(21)18(22-17-13-7-3-8-14-17)15-9-2-6-12-16-10-4-1-5-11-16/h1,3-5,7-8,10-11,13-14,18H,2,6,9,12,15H2,(H,20,21). The molecular formula is C19H22O2S. The summed E-state index contributed by atoms with van der Waals surface area (Å²) in [6.07, 6.45) is 4.96. The van der Waals surface area contributed by atoms with Crippen LogP contribution in [0.15, 0.2) is 65.6 Å². The van der Waals surface area contributed by atoms with Gasteiger partial charge in [-0.25, -0.2) is 0 Å². The molecule has 0 aromatic heterocycles. The molecule has 0 aliphatic carbocycles. The van der Waals surface area contributed by atoms with E-state index in [1.54, 1.807) is 0 Å². The lowest BCUT2D eigenvalue weighted by molar-refractivity contribution is -0.136. The molecule has 1 unspecified atom stereocenters. The van der Waals surface area contributed by atoms with Gasteiger partial charge >= 0.3 is 5.97 Å². The van der Waals surface area contributed by atoms with Gasteiger partial charge in [-0.05, 0) is 37.0 Å². The van der Waals surface area contributed by atoms with Gasteiger partial charge in [0.15, 0.2) is 0 Å². The predicted octanol–water partition coefficient (Wildman–Crippen LogP) is 5.04. The minimum absolute atomic E-state index is 0.348. The highest BCUT2D eigenvalue weighted by Gasteiger charge is 2.18. The Balaban J connectivity index is 1.70. The Bertz CT molecular complexity index is 554. The zero-order valence-electron chi connectivity index (χ0n) is 12.7. The predicted molar refractivity (Wildman–Crippen MR) is 92.3 cm³/mol. The van der Waals surface area contributed by atoms with Crippen molar-refractivity contribution in [1.29, 1.82) is 0 Å². The maximum Gasteiger partial charge on any atom is 0.316 e. The van der Waals surface area contributed by atoms with Gasteiger partial charge < -0.3 is 5.11 Å². The SMILES string of the molecule is O=C(O)C(CCCCCc1ccccc1)Sc1ccccc1. The third-order valence-electron chi connectivity index (χ3n) is 3.57. The van der Waals surface area contributed by atoms with Gasteiger partial charge in [-0.2, -0.15) is 0 Å². The van der Waals surface area contributed by atoms with E-state index < -0.39 is 5.97 Å². The van der Waals surface area contributed by atoms with E-state index in [1.165, 1.54) is 17.3 Å². The second-order valence-electron chi connectivity index (χ2n) is 5.34. The van der Waals surface area contributed by atoms with Gasteiger partial charge in [-0.15, -0.1) is 11.8 Å². The number of rotatable bonds is 9. The van der Waals surface area contributed by atoms with E-state index in [0.29, 0.717) is 0 Å². The van der Waals surface area contributed by atoms with E-state index in [-0.39, 0.29) is 5.25 Å². The van der Waals surface area contributed by atoms with Crippen LogP contribution in [0.3, 0.4) is 0 Å². The molecule has 0 aliphatic heterocycles. The molecular weight excluding hydrogens is 292 g/mol. The molecule has 0 amide bonds. The van der Waals surface area contributed by atoms with Crippen molar-refractivity contribution in [3.8, 4) is 0 Å². The highest BCUT2D eigenvalue weighted by Crippen LogP contribution is 2.27. The van der Waals surface area contributed by atoms with Gasteiger partial charge in [-0.1, -0.05) is 61.4 Å². The molecule has 22 heavy (non-hydrogen) atoms. The first kappa shape index (κ1) is 16.6. The van der Waals surface area contributed by atoms with E-state index in [2.05, 4.69) is 24.3 Å². The van der Waals surface area contributed by atoms with Crippen LogP contribution in [-0.2, 0) is 11.2 Å². The van der Waals surface area contributed by atoms with Crippen LogP contribution < -0.4 is 0 Å². The highest BCUT2D eigenvalue weighted by atomic mass is 32.2. The van der Waals surface area contributed by atoms with Crippen molar-refractivity contribution in [3.63, 3.8) is 0 Å². The number of carboxylic acids is 1. The Kier molecular flexibility index (Phi) is 7.04. The molecule has 1 N–H and O–H groups in total. The molecule has 0 saturated heterocycles. The van der Waals surface area contributed by atoms with Crippen LogP contribution in [-0.4, -0.2) is 16.3 Å². The smallest absolute Gasteiger partial charge is 0.316 e. The van der Waals surface area contributed by atoms with E-state index in [9.17, 15) is 9.90 Å². The summed E-state index contributed by atoms with van der Waals surface area (Å²) in [5, 5.41) is 9.00. The van der Waals surface area contributed by atoms with Crippen molar-refractivity contribution in [1.82, 2.24) is 0 Å². The monoisotopic (exact) mass is 314 g/mol. The average molecular weight is 314 g/mol. The van der Waals surface area contributed by atoms with Gasteiger partial charge in [0.25, 0.3) is 0 Å². The van der Waals surface area contributed by atoms with Crippen LogP contribution in [0.2, 0.25) is 0 Å². The van der Waals surface area contributed by atoms with Gasteiger partial charge in [0, 0.05) is 4.90 Å². The third-order valence-corrected chi connectivity index (χ3v) is 4.84. The number of thioether (sulfide) groups is 1. The molecule has 2 nitrogen and oxygen atoms in total. The molecule has 0 heterocycles. The number of hydrogen-bond donors (Lipinski definition) is 1. The molecule has 2 rings (SSSR count). The lowest BCUT2D eigenvalue weighted by atomic mass is 10.1. The zero-order chi connectivity index (χ0) is 15.6. The third kappa shape index (κ3) is 5.94. The molecule has 3 heteroatoms. The molecule has 116 valence electrons. The van der Waals surface area contributed by atoms with Gasteiger partial charge in [0.1, 0.15) is 5.25 Å². The normalized spacial score (nSPS) is 12.0. The van der Waals surface area contributed by atoms with Crippen molar-refractivity contribution in [3.05, 3.63) is 66.2 Å². The van der Waals surface area contributed by atoms with Crippen molar-refractivity contribution in [2.75, 3.05) is 0 Å². The Hall–Kier alpha value is -1.74. The van der Waals surface area contributed by atoms with Crippen LogP contribution in [0.25, 0.3) is 0 Å². The van der Waals surface area contributed by atoms with Crippen LogP contribution in [0, 0.1) is 0 Å². The number of carboxylic acid groups (broad SMARTS) is 1. The second-order valence-corrected chi connectivity index (χ2v) is 6.62.